The summed E-state index contributed by atoms with van der Waals surface area (Å²) in [6.45, 7) is 2.13. The van der Waals surface area contributed by atoms with Crippen LogP contribution >= 0.6 is 0 Å². The van der Waals surface area contributed by atoms with Crippen molar-refractivity contribution in [3.05, 3.63) is 71.5 Å². The van der Waals surface area contributed by atoms with E-state index in [1.807, 2.05) is 30.5 Å². The van der Waals surface area contributed by atoms with Crippen molar-refractivity contribution in [3.8, 4) is 16.9 Å². The number of amides is 1. The third-order valence-corrected chi connectivity index (χ3v) is 6.66. The molecule has 2 aliphatic rings. The molecule has 5 heteroatoms. The van der Waals surface area contributed by atoms with Crippen molar-refractivity contribution in [3.63, 3.8) is 0 Å². The van der Waals surface area contributed by atoms with Crippen molar-refractivity contribution >= 4 is 5.91 Å². The number of nitrogens with one attached hydrogen (secondary N) is 1. The Balaban J connectivity index is 1.60. The number of benzene rings is 2. The van der Waals surface area contributed by atoms with Crippen LogP contribution in [0.3, 0.4) is 0 Å². The molecule has 2 aromatic carbocycles. The predicted molar refractivity (Wildman–Crippen MR) is 112 cm³/mol. The fraction of sp³-hybridized carbons (Fsp3) is 0.333. The third-order valence-electron chi connectivity index (χ3n) is 6.66. The normalized spacial score (nSPS) is 18.3. The lowest BCUT2D eigenvalue weighted by Crippen LogP contribution is -2.43. The van der Waals surface area contributed by atoms with Gasteiger partial charge in [0, 0.05) is 17.3 Å². The van der Waals surface area contributed by atoms with Gasteiger partial charge in [0.15, 0.2) is 0 Å². The average Bonchev–Trinajstić information content (AvgIpc) is 3.50. The summed E-state index contributed by atoms with van der Waals surface area (Å²) in [5.74, 6) is 0.948. The minimum atomic E-state index is -0.205. The van der Waals surface area contributed by atoms with Crippen LogP contribution in [-0.4, -0.2) is 28.1 Å². The van der Waals surface area contributed by atoms with Gasteiger partial charge in [-0.1, -0.05) is 37.1 Å². The molecular weight excluding hydrogens is 362 g/mol. The number of rotatable bonds is 4. The number of ether oxygens (including phenoxy) is 1. The Hall–Kier alpha value is -3.08. The van der Waals surface area contributed by atoms with Gasteiger partial charge in [0.2, 0.25) is 0 Å². The summed E-state index contributed by atoms with van der Waals surface area (Å²) in [7, 11) is 1.68. The molecule has 3 aromatic rings. The molecule has 2 heterocycles. The Kier molecular flexibility index (Phi) is 4.19. The van der Waals surface area contributed by atoms with Gasteiger partial charge in [-0.3, -0.25) is 9.89 Å². The number of hydrogen-bond acceptors (Lipinski definition) is 3. The fourth-order valence-corrected chi connectivity index (χ4v) is 5.24. The zero-order valence-electron chi connectivity index (χ0n) is 16.8. The van der Waals surface area contributed by atoms with Crippen LogP contribution in [-0.2, 0) is 5.54 Å². The van der Waals surface area contributed by atoms with E-state index in [0.29, 0.717) is 0 Å². The Morgan fingerprint density at radius 3 is 2.69 bits per heavy atom. The first-order valence-electron chi connectivity index (χ1n) is 10.3. The van der Waals surface area contributed by atoms with Gasteiger partial charge in [-0.15, -0.1) is 0 Å². The highest BCUT2D eigenvalue weighted by Gasteiger charge is 2.52. The molecule has 148 valence electrons. The van der Waals surface area contributed by atoms with E-state index in [1.165, 1.54) is 5.56 Å². The second-order valence-corrected chi connectivity index (χ2v) is 8.11. The molecule has 1 amide bonds. The minimum Gasteiger partial charge on any atom is -0.497 e. The first kappa shape index (κ1) is 18.0. The van der Waals surface area contributed by atoms with Crippen LogP contribution in [0.15, 0.2) is 54.9 Å². The number of hydrogen-bond donors (Lipinski definition) is 1. The maximum Gasteiger partial charge on any atom is 0.255 e. The lowest BCUT2D eigenvalue weighted by atomic mass is 9.86. The highest BCUT2D eigenvalue weighted by molar-refractivity contribution is 6.01. The van der Waals surface area contributed by atoms with E-state index in [2.05, 4.69) is 40.2 Å². The van der Waals surface area contributed by atoms with Crippen LogP contribution in [0.1, 0.15) is 60.1 Å². The highest BCUT2D eigenvalue weighted by Crippen LogP contribution is 2.53. The number of fused-ring (bicyclic) bond motifs is 2. The summed E-state index contributed by atoms with van der Waals surface area (Å²) in [6.07, 6.45) is 8.00. The number of H-pyrrole nitrogens is 1. The summed E-state index contributed by atoms with van der Waals surface area (Å²) in [5.41, 5.74) is 4.94. The molecular formula is C24H25N3O2. The number of nitrogens with zero attached hydrogens (tertiary/aromatic N) is 2. The zero-order chi connectivity index (χ0) is 20.0. The van der Waals surface area contributed by atoms with E-state index in [0.717, 1.165) is 53.7 Å². The SMILES string of the molecule is COc1cccc([C@@H](C)N2C(=O)c3cc(-c4cn[nH]c4)ccc3C23CCCC3)c1. The van der Waals surface area contributed by atoms with E-state index in [4.69, 9.17) is 4.74 Å². The van der Waals surface area contributed by atoms with Crippen molar-refractivity contribution in [1.82, 2.24) is 15.1 Å². The number of methoxy groups -OCH3 is 1. The topological polar surface area (TPSA) is 58.2 Å². The van der Waals surface area contributed by atoms with E-state index in [9.17, 15) is 4.79 Å². The number of aromatic nitrogens is 2. The van der Waals surface area contributed by atoms with Crippen molar-refractivity contribution < 1.29 is 9.53 Å². The summed E-state index contributed by atoms with van der Waals surface area (Å²) >= 11 is 0. The van der Waals surface area contributed by atoms with E-state index in [1.54, 1.807) is 13.3 Å². The summed E-state index contributed by atoms with van der Waals surface area (Å²) in [5, 5.41) is 6.91. The molecule has 1 saturated carbocycles. The van der Waals surface area contributed by atoms with E-state index in [-0.39, 0.29) is 17.5 Å². The van der Waals surface area contributed by atoms with Crippen molar-refractivity contribution in [2.24, 2.45) is 0 Å². The Morgan fingerprint density at radius 1 is 1.14 bits per heavy atom. The molecule has 0 unspecified atom stereocenters. The number of aromatic amines is 1. The van der Waals surface area contributed by atoms with Crippen molar-refractivity contribution in [2.45, 2.75) is 44.2 Å². The molecule has 1 aliphatic heterocycles. The second kappa shape index (κ2) is 6.76. The highest BCUT2D eigenvalue weighted by atomic mass is 16.5. The lowest BCUT2D eigenvalue weighted by molar-refractivity contribution is 0.0414. The third kappa shape index (κ3) is 2.68. The second-order valence-electron chi connectivity index (χ2n) is 8.11. The molecule has 1 aliphatic carbocycles. The van der Waals surface area contributed by atoms with Gasteiger partial charge in [0.25, 0.3) is 5.91 Å². The zero-order valence-corrected chi connectivity index (χ0v) is 16.8. The van der Waals surface area contributed by atoms with Gasteiger partial charge < -0.3 is 9.64 Å². The van der Waals surface area contributed by atoms with Crippen LogP contribution in [0.4, 0.5) is 0 Å². The van der Waals surface area contributed by atoms with E-state index >= 15 is 0 Å². The van der Waals surface area contributed by atoms with Gasteiger partial charge >= 0.3 is 0 Å². The van der Waals surface area contributed by atoms with Crippen LogP contribution < -0.4 is 4.74 Å². The molecule has 5 nitrogen and oxygen atoms in total. The van der Waals surface area contributed by atoms with Crippen LogP contribution in [0, 0.1) is 0 Å². The van der Waals surface area contributed by atoms with Crippen molar-refractivity contribution in [1.29, 1.82) is 0 Å². The van der Waals surface area contributed by atoms with E-state index < -0.39 is 0 Å². The molecule has 1 fully saturated rings. The summed E-state index contributed by atoms with van der Waals surface area (Å²) in [4.78, 5) is 15.9. The Morgan fingerprint density at radius 2 is 1.97 bits per heavy atom. The fourth-order valence-electron chi connectivity index (χ4n) is 5.24. The van der Waals surface area contributed by atoms with Gasteiger partial charge in [-0.05, 0) is 54.7 Å². The summed E-state index contributed by atoms with van der Waals surface area (Å²) < 4.78 is 5.42. The number of carbonyl (C=O) groups is 1. The molecule has 1 spiro atoms. The maximum atomic E-state index is 13.7. The van der Waals surface area contributed by atoms with Crippen LogP contribution in [0.2, 0.25) is 0 Å². The van der Waals surface area contributed by atoms with Crippen LogP contribution in [0.25, 0.3) is 11.1 Å². The van der Waals surface area contributed by atoms with Gasteiger partial charge in [-0.2, -0.15) is 5.10 Å². The molecule has 1 aromatic heterocycles. The molecule has 29 heavy (non-hydrogen) atoms. The standard InChI is InChI=1S/C24H25N3O2/c1-16(17-6-5-7-20(12-17)29-2)27-23(28)21-13-18(19-14-25-26-15-19)8-9-22(21)24(27)10-3-4-11-24/h5-9,12-16H,3-4,10-11H2,1-2H3,(H,25,26)/t16-/m1/s1. The molecule has 1 atom stereocenters. The quantitative estimate of drug-likeness (QED) is 0.680. The molecule has 0 saturated heterocycles. The van der Waals surface area contributed by atoms with Gasteiger partial charge in [-0.25, -0.2) is 0 Å². The average molecular weight is 387 g/mol. The Labute approximate surface area is 170 Å². The molecule has 5 rings (SSSR count). The van der Waals surface area contributed by atoms with Gasteiger partial charge in [0.1, 0.15) is 5.75 Å². The van der Waals surface area contributed by atoms with Gasteiger partial charge in [0.05, 0.1) is 24.9 Å². The molecule has 0 radical (unpaired) electrons. The predicted octanol–water partition coefficient (Wildman–Crippen LogP) is 5.07. The first-order chi connectivity index (χ1) is 14.1. The number of carbonyl (C=O) groups excluding carboxylic acids is 1. The van der Waals surface area contributed by atoms with Crippen molar-refractivity contribution in [2.75, 3.05) is 7.11 Å². The molecule has 1 N–H and O–H groups in total. The lowest BCUT2D eigenvalue weighted by Gasteiger charge is -2.40. The molecule has 0 bridgehead atoms. The maximum absolute atomic E-state index is 13.7. The summed E-state index contributed by atoms with van der Waals surface area (Å²) in [6, 6.07) is 14.4. The monoisotopic (exact) mass is 387 g/mol. The van der Waals surface area contributed by atoms with Crippen LogP contribution in [0.5, 0.6) is 5.75 Å². The minimum absolute atomic E-state index is 0.0273. The largest absolute Gasteiger partial charge is 0.497 e. The smallest absolute Gasteiger partial charge is 0.255 e. The Bertz CT molecular complexity index is 1050. The first-order valence-corrected chi connectivity index (χ1v) is 10.3.